The molecular formula is C7H15NO4S. The summed E-state index contributed by atoms with van der Waals surface area (Å²) in [5.74, 6) is -0.777. The zero-order chi connectivity index (χ0) is 10.3. The summed E-state index contributed by atoms with van der Waals surface area (Å²) in [4.78, 5) is 10.5. The van der Waals surface area contributed by atoms with Gasteiger partial charge in [0.05, 0.1) is 0 Å². The van der Waals surface area contributed by atoms with Crippen LogP contribution in [0.4, 0.5) is 0 Å². The number of nitrogens with two attached hydrogens (primary N) is 1. The third-order valence-corrected chi connectivity index (χ3v) is 3.22. The van der Waals surface area contributed by atoms with Crippen molar-refractivity contribution in [2.75, 3.05) is 26.0 Å². The van der Waals surface area contributed by atoms with Crippen LogP contribution in [0.5, 0.6) is 0 Å². The topological polar surface area (TPSA) is 89.6 Å². The Morgan fingerprint density at radius 3 is 2.69 bits per heavy atom. The molecule has 78 valence electrons. The summed E-state index contributed by atoms with van der Waals surface area (Å²) < 4.78 is 16.0. The second-order valence-corrected chi connectivity index (χ2v) is 4.23. The Labute approximate surface area is 79.7 Å². The summed E-state index contributed by atoms with van der Waals surface area (Å²) in [5.41, 5.74) is 5.17. The van der Waals surface area contributed by atoms with Gasteiger partial charge in [-0.15, -0.1) is 0 Å². The van der Waals surface area contributed by atoms with Gasteiger partial charge >= 0.3 is 5.97 Å². The molecule has 3 N–H and O–H groups in total. The minimum absolute atomic E-state index is 0.0884. The molecule has 0 aliphatic carbocycles. The maximum absolute atomic E-state index is 11.3. The van der Waals surface area contributed by atoms with Crippen molar-refractivity contribution in [3.8, 4) is 0 Å². The number of aliphatic carboxylic acids is 1. The highest BCUT2D eigenvalue weighted by atomic mass is 32.2. The van der Waals surface area contributed by atoms with Crippen LogP contribution in [-0.4, -0.2) is 46.5 Å². The van der Waals surface area contributed by atoms with E-state index in [1.54, 1.807) is 7.11 Å². The zero-order valence-corrected chi connectivity index (χ0v) is 8.38. The smallest absolute Gasteiger partial charge is 0.320 e. The highest BCUT2D eigenvalue weighted by Gasteiger charge is 2.22. The molecule has 2 atom stereocenters. The monoisotopic (exact) mass is 209 g/mol. The van der Waals surface area contributed by atoms with Gasteiger partial charge in [0.2, 0.25) is 0 Å². The number of ether oxygens (including phenoxy) is 1. The van der Waals surface area contributed by atoms with E-state index in [1.165, 1.54) is 0 Å². The average molecular weight is 209 g/mol. The molecule has 0 fully saturated rings. The van der Waals surface area contributed by atoms with Crippen LogP contribution in [-0.2, 0) is 20.3 Å². The summed E-state index contributed by atoms with van der Waals surface area (Å²) in [5, 5.41) is 7.65. The van der Waals surface area contributed by atoms with Gasteiger partial charge in [-0.2, -0.15) is 0 Å². The molecule has 0 rings (SSSR count). The maximum Gasteiger partial charge on any atom is 0.320 e. The molecule has 0 aromatic heterocycles. The molecule has 0 aliphatic rings. The van der Waals surface area contributed by atoms with E-state index < -0.39 is 22.0 Å². The van der Waals surface area contributed by atoms with E-state index in [4.69, 9.17) is 15.6 Å². The van der Waals surface area contributed by atoms with Crippen LogP contribution >= 0.6 is 0 Å². The summed E-state index contributed by atoms with van der Waals surface area (Å²) in [6.45, 7) is 0.400. The largest absolute Gasteiger partial charge is 0.480 e. The lowest BCUT2D eigenvalue weighted by Crippen LogP contribution is -2.34. The van der Waals surface area contributed by atoms with Gasteiger partial charge < -0.3 is 15.6 Å². The van der Waals surface area contributed by atoms with Crippen molar-refractivity contribution >= 4 is 16.8 Å². The quantitative estimate of drug-likeness (QED) is 0.535. The Morgan fingerprint density at radius 2 is 2.31 bits per heavy atom. The minimum atomic E-state index is -1.39. The molecule has 0 radical (unpaired) electrons. The van der Waals surface area contributed by atoms with Gasteiger partial charge in [-0.3, -0.25) is 9.00 Å². The third-order valence-electron chi connectivity index (χ3n) is 1.50. The first-order chi connectivity index (χ1) is 6.13. The number of methoxy groups -OCH3 is 1. The molecule has 0 heterocycles. The number of carboxylic acid groups (broad SMARTS) is 1. The van der Waals surface area contributed by atoms with Crippen molar-refractivity contribution in [3.05, 3.63) is 0 Å². The van der Waals surface area contributed by atoms with Crippen LogP contribution in [0.1, 0.15) is 6.42 Å². The van der Waals surface area contributed by atoms with Gasteiger partial charge in [0.25, 0.3) is 0 Å². The van der Waals surface area contributed by atoms with Crippen LogP contribution in [0.2, 0.25) is 0 Å². The van der Waals surface area contributed by atoms with Gasteiger partial charge in [0.1, 0.15) is 5.25 Å². The van der Waals surface area contributed by atoms with E-state index in [1.807, 2.05) is 0 Å². The fourth-order valence-electron chi connectivity index (χ4n) is 0.808. The standard InChI is InChI=1S/C7H15NO4S/c1-12-3-2-4-13(11)6(5-8)7(9)10/h6H,2-5,8H2,1H3,(H,9,10). The lowest BCUT2D eigenvalue weighted by Gasteiger charge is -2.08. The number of rotatable bonds is 7. The van der Waals surface area contributed by atoms with E-state index >= 15 is 0 Å². The Hall–Kier alpha value is -0.460. The molecule has 0 aliphatic heterocycles. The van der Waals surface area contributed by atoms with Gasteiger partial charge in [0.15, 0.2) is 0 Å². The second-order valence-electron chi connectivity index (χ2n) is 2.49. The molecule has 0 aromatic rings. The van der Waals surface area contributed by atoms with E-state index in [9.17, 15) is 9.00 Å². The summed E-state index contributed by atoms with van der Waals surface area (Å²) in [6, 6.07) is 0. The van der Waals surface area contributed by atoms with Crippen molar-refractivity contribution in [2.24, 2.45) is 5.73 Å². The average Bonchev–Trinajstić information content (AvgIpc) is 2.05. The molecule has 13 heavy (non-hydrogen) atoms. The summed E-state index contributed by atoms with van der Waals surface area (Å²) in [7, 11) is 0.148. The van der Waals surface area contributed by atoms with Crippen LogP contribution in [0.3, 0.4) is 0 Å². The fraction of sp³-hybridized carbons (Fsp3) is 0.857. The molecule has 6 heteroatoms. The first-order valence-electron chi connectivity index (χ1n) is 3.92. The van der Waals surface area contributed by atoms with E-state index in [0.717, 1.165) is 0 Å². The summed E-state index contributed by atoms with van der Waals surface area (Å²) >= 11 is 0. The van der Waals surface area contributed by atoms with Crippen molar-refractivity contribution in [1.82, 2.24) is 0 Å². The van der Waals surface area contributed by atoms with Crippen molar-refractivity contribution in [1.29, 1.82) is 0 Å². The van der Waals surface area contributed by atoms with Crippen LogP contribution in [0, 0.1) is 0 Å². The van der Waals surface area contributed by atoms with Crippen LogP contribution in [0.15, 0.2) is 0 Å². The second kappa shape index (κ2) is 6.99. The molecule has 0 spiro atoms. The Kier molecular flexibility index (Phi) is 6.75. The number of hydrogen-bond acceptors (Lipinski definition) is 4. The van der Waals surface area contributed by atoms with Gasteiger partial charge in [-0.1, -0.05) is 0 Å². The predicted molar refractivity (Wildman–Crippen MR) is 50.0 cm³/mol. The lowest BCUT2D eigenvalue weighted by atomic mass is 10.4. The van der Waals surface area contributed by atoms with Crippen molar-refractivity contribution in [3.63, 3.8) is 0 Å². The van der Waals surface area contributed by atoms with Gasteiger partial charge in [-0.05, 0) is 6.42 Å². The first-order valence-corrected chi connectivity index (χ1v) is 5.30. The molecule has 0 bridgehead atoms. The SMILES string of the molecule is COCCCS(=O)C(CN)C(=O)O. The summed E-state index contributed by atoms with van der Waals surface area (Å²) in [6.07, 6.45) is 0.590. The zero-order valence-electron chi connectivity index (χ0n) is 7.56. The molecular weight excluding hydrogens is 194 g/mol. The Morgan fingerprint density at radius 1 is 1.69 bits per heavy atom. The first kappa shape index (κ1) is 12.5. The predicted octanol–water partition coefficient (Wildman–Crippen LogP) is -0.816. The van der Waals surface area contributed by atoms with Crippen molar-refractivity contribution < 1.29 is 18.8 Å². The Bertz CT molecular complexity index is 185. The van der Waals surface area contributed by atoms with E-state index in [0.29, 0.717) is 18.8 Å². The van der Waals surface area contributed by atoms with Crippen LogP contribution < -0.4 is 5.73 Å². The number of hydrogen-bond donors (Lipinski definition) is 2. The molecule has 0 aromatic carbocycles. The van der Waals surface area contributed by atoms with Gasteiger partial charge in [0, 0.05) is 36.8 Å². The van der Waals surface area contributed by atoms with Gasteiger partial charge in [-0.25, -0.2) is 0 Å². The Balaban J connectivity index is 3.85. The van der Waals surface area contributed by atoms with Crippen LogP contribution in [0.25, 0.3) is 0 Å². The maximum atomic E-state index is 11.3. The fourth-order valence-corrected chi connectivity index (χ4v) is 1.93. The van der Waals surface area contributed by atoms with Crippen molar-refractivity contribution in [2.45, 2.75) is 11.7 Å². The highest BCUT2D eigenvalue weighted by Crippen LogP contribution is 1.98. The molecule has 0 saturated heterocycles. The van der Waals surface area contributed by atoms with E-state index in [-0.39, 0.29) is 6.54 Å². The number of carboxylic acids is 1. The molecule has 0 amide bonds. The molecule has 5 nitrogen and oxygen atoms in total. The number of carbonyl (C=O) groups is 1. The normalized spacial score (nSPS) is 15.2. The molecule has 2 unspecified atom stereocenters. The lowest BCUT2D eigenvalue weighted by molar-refractivity contribution is -0.136. The third kappa shape index (κ3) is 4.97. The van der Waals surface area contributed by atoms with E-state index in [2.05, 4.69) is 0 Å². The molecule has 0 saturated carbocycles. The highest BCUT2D eigenvalue weighted by molar-refractivity contribution is 7.86. The minimum Gasteiger partial charge on any atom is -0.480 e.